The molecule has 0 atom stereocenters. The predicted molar refractivity (Wildman–Crippen MR) is 82.7 cm³/mol. The third-order valence-electron chi connectivity index (χ3n) is 3.84. The van der Waals surface area contributed by atoms with Crippen molar-refractivity contribution in [3.63, 3.8) is 0 Å². The second-order valence-corrected chi connectivity index (χ2v) is 7.45. The van der Waals surface area contributed by atoms with Gasteiger partial charge in [0.2, 0.25) is 5.03 Å². The summed E-state index contributed by atoms with van der Waals surface area (Å²) in [6.07, 6.45) is 2.65. The number of halogens is 1. The van der Waals surface area contributed by atoms with Gasteiger partial charge in [0.15, 0.2) is 0 Å². The molecule has 9 heteroatoms. The summed E-state index contributed by atoms with van der Waals surface area (Å²) in [7, 11) is -3.95. The van der Waals surface area contributed by atoms with Crippen molar-refractivity contribution in [2.75, 3.05) is 13.1 Å². The van der Waals surface area contributed by atoms with Gasteiger partial charge in [0.05, 0.1) is 6.54 Å². The smallest absolute Gasteiger partial charge is 0.340 e. The van der Waals surface area contributed by atoms with Crippen molar-refractivity contribution in [1.29, 1.82) is 0 Å². The molecule has 0 saturated carbocycles. The minimum atomic E-state index is -3.95. The van der Waals surface area contributed by atoms with E-state index in [0.29, 0.717) is 18.7 Å². The topological polar surface area (TPSA) is 92.5 Å². The number of sulfonamides is 1. The van der Waals surface area contributed by atoms with Gasteiger partial charge in [-0.25, -0.2) is 17.6 Å². The molecule has 0 aliphatic carbocycles. The van der Waals surface area contributed by atoms with Gasteiger partial charge < -0.3 is 5.11 Å². The average Bonchev–Trinajstić information content (AvgIpc) is 3.17. The molecule has 3 rings (SSSR count). The van der Waals surface area contributed by atoms with E-state index in [1.807, 2.05) is 0 Å². The monoisotopic (exact) mass is 353 g/mol. The van der Waals surface area contributed by atoms with Crippen LogP contribution in [0.4, 0.5) is 4.39 Å². The van der Waals surface area contributed by atoms with E-state index in [9.17, 15) is 22.7 Å². The van der Waals surface area contributed by atoms with Crippen LogP contribution in [-0.4, -0.2) is 46.7 Å². The number of rotatable bonds is 5. The number of benzene rings is 1. The van der Waals surface area contributed by atoms with Gasteiger partial charge in [0.25, 0.3) is 10.0 Å². The van der Waals surface area contributed by atoms with E-state index < -0.39 is 26.8 Å². The number of nitrogens with zero attached hydrogens (tertiary/aromatic N) is 3. The molecular weight excluding hydrogens is 337 g/mol. The van der Waals surface area contributed by atoms with Gasteiger partial charge in [0, 0.05) is 19.3 Å². The largest absolute Gasteiger partial charge is 0.478 e. The van der Waals surface area contributed by atoms with E-state index in [-0.39, 0.29) is 12.1 Å². The van der Waals surface area contributed by atoms with Crippen LogP contribution >= 0.6 is 0 Å². The molecule has 0 unspecified atom stereocenters. The first-order chi connectivity index (χ1) is 11.4. The molecule has 1 aromatic heterocycles. The maximum Gasteiger partial charge on any atom is 0.340 e. The standard InChI is InChI=1S/C15H16FN3O4S/c16-12-5-3-4-11(8-12)9-18-10-13(15(20)21)14(17-18)24(22,23)19-6-1-2-7-19/h3-5,8,10H,1-2,6-7,9H2,(H,20,21). The fourth-order valence-corrected chi connectivity index (χ4v) is 4.30. The lowest BCUT2D eigenvalue weighted by Crippen LogP contribution is -2.29. The summed E-state index contributed by atoms with van der Waals surface area (Å²) in [5.74, 6) is -1.79. The first kappa shape index (κ1) is 16.6. The van der Waals surface area contributed by atoms with Crippen molar-refractivity contribution in [3.8, 4) is 0 Å². The molecule has 0 radical (unpaired) electrons. The van der Waals surface area contributed by atoms with E-state index in [1.165, 1.54) is 27.2 Å². The van der Waals surface area contributed by atoms with E-state index in [1.54, 1.807) is 6.07 Å². The molecule has 7 nitrogen and oxygen atoms in total. The van der Waals surface area contributed by atoms with Crippen molar-refractivity contribution in [3.05, 3.63) is 47.4 Å². The summed E-state index contributed by atoms with van der Waals surface area (Å²) < 4.78 is 40.9. The Kier molecular flexibility index (Phi) is 4.37. The Morgan fingerprint density at radius 1 is 1.29 bits per heavy atom. The first-order valence-electron chi connectivity index (χ1n) is 7.43. The fourth-order valence-electron chi connectivity index (χ4n) is 2.70. The van der Waals surface area contributed by atoms with Gasteiger partial charge in [-0.05, 0) is 30.5 Å². The number of carboxylic acids is 1. The lowest BCUT2D eigenvalue weighted by molar-refractivity contribution is 0.0692. The van der Waals surface area contributed by atoms with Gasteiger partial charge >= 0.3 is 5.97 Å². The van der Waals surface area contributed by atoms with Crippen molar-refractivity contribution < 1.29 is 22.7 Å². The van der Waals surface area contributed by atoms with Gasteiger partial charge in [-0.15, -0.1) is 0 Å². The molecule has 0 amide bonds. The van der Waals surface area contributed by atoms with Crippen LogP contribution in [0.3, 0.4) is 0 Å². The summed E-state index contributed by atoms with van der Waals surface area (Å²) in [4.78, 5) is 11.4. The number of aromatic carboxylic acids is 1. The zero-order valence-electron chi connectivity index (χ0n) is 12.7. The SMILES string of the molecule is O=C(O)c1cn(Cc2cccc(F)c2)nc1S(=O)(=O)N1CCCC1. The van der Waals surface area contributed by atoms with Crippen LogP contribution in [0, 0.1) is 5.82 Å². The summed E-state index contributed by atoms with van der Waals surface area (Å²) in [6.45, 7) is 0.795. The highest BCUT2D eigenvalue weighted by molar-refractivity contribution is 7.89. The number of carbonyl (C=O) groups is 1. The maximum atomic E-state index is 13.2. The van der Waals surface area contributed by atoms with Crippen molar-refractivity contribution >= 4 is 16.0 Å². The summed E-state index contributed by atoms with van der Waals surface area (Å²) in [5, 5.41) is 12.8. The van der Waals surface area contributed by atoms with E-state index in [4.69, 9.17) is 0 Å². The molecule has 0 spiro atoms. The lowest BCUT2D eigenvalue weighted by Gasteiger charge is -2.13. The second kappa shape index (κ2) is 6.33. The summed E-state index contributed by atoms with van der Waals surface area (Å²) in [5.41, 5.74) is 0.179. The third kappa shape index (κ3) is 3.17. The molecule has 2 aromatic rings. The van der Waals surface area contributed by atoms with Gasteiger partial charge in [-0.3, -0.25) is 4.68 Å². The minimum absolute atomic E-state index is 0.0769. The Labute approximate surface area is 138 Å². The molecule has 1 aromatic carbocycles. The quantitative estimate of drug-likeness (QED) is 0.880. The van der Waals surface area contributed by atoms with Crippen molar-refractivity contribution in [1.82, 2.24) is 14.1 Å². The molecule has 2 heterocycles. The molecule has 0 bridgehead atoms. The Bertz CT molecular complexity index is 873. The normalized spacial score (nSPS) is 15.7. The number of hydrogen-bond acceptors (Lipinski definition) is 4. The van der Waals surface area contributed by atoms with Crippen LogP contribution in [0.1, 0.15) is 28.8 Å². The lowest BCUT2D eigenvalue weighted by atomic mass is 10.2. The first-order valence-corrected chi connectivity index (χ1v) is 8.87. The zero-order chi connectivity index (χ0) is 17.3. The molecule has 1 N–H and O–H groups in total. The molecule has 128 valence electrons. The molecule has 1 fully saturated rings. The fraction of sp³-hybridized carbons (Fsp3) is 0.333. The van der Waals surface area contributed by atoms with Crippen LogP contribution in [-0.2, 0) is 16.6 Å². The Morgan fingerprint density at radius 2 is 2.00 bits per heavy atom. The van der Waals surface area contributed by atoms with Gasteiger partial charge in [-0.1, -0.05) is 12.1 Å². The number of carboxylic acid groups (broad SMARTS) is 1. The molecule has 1 aliphatic rings. The number of aromatic nitrogens is 2. The summed E-state index contributed by atoms with van der Waals surface area (Å²) >= 11 is 0. The summed E-state index contributed by atoms with van der Waals surface area (Å²) in [6, 6.07) is 5.75. The highest BCUT2D eigenvalue weighted by Crippen LogP contribution is 2.23. The van der Waals surface area contributed by atoms with E-state index in [0.717, 1.165) is 19.0 Å². The average molecular weight is 353 g/mol. The van der Waals surface area contributed by atoms with Crippen LogP contribution in [0.15, 0.2) is 35.5 Å². The highest BCUT2D eigenvalue weighted by Gasteiger charge is 2.34. The van der Waals surface area contributed by atoms with E-state index >= 15 is 0 Å². The molecule has 1 saturated heterocycles. The van der Waals surface area contributed by atoms with Crippen LogP contribution in [0.5, 0.6) is 0 Å². The zero-order valence-corrected chi connectivity index (χ0v) is 13.5. The highest BCUT2D eigenvalue weighted by atomic mass is 32.2. The third-order valence-corrected chi connectivity index (χ3v) is 5.68. The van der Waals surface area contributed by atoms with Gasteiger partial charge in [0.1, 0.15) is 11.4 Å². The van der Waals surface area contributed by atoms with Crippen molar-refractivity contribution in [2.24, 2.45) is 0 Å². The van der Waals surface area contributed by atoms with E-state index in [2.05, 4.69) is 5.10 Å². The van der Waals surface area contributed by atoms with Crippen LogP contribution < -0.4 is 0 Å². The Morgan fingerprint density at radius 3 is 2.62 bits per heavy atom. The minimum Gasteiger partial charge on any atom is -0.478 e. The predicted octanol–water partition coefficient (Wildman–Crippen LogP) is 1.55. The van der Waals surface area contributed by atoms with Crippen LogP contribution in [0.2, 0.25) is 0 Å². The van der Waals surface area contributed by atoms with Crippen molar-refractivity contribution in [2.45, 2.75) is 24.4 Å². The van der Waals surface area contributed by atoms with Crippen LogP contribution in [0.25, 0.3) is 0 Å². The number of hydrogen-bond donors (Lipinski definition) is 1. The Balaban J connectivity index is 1.97. The second-order valence-electron chi connectivity index (χ2n) is 5.59. The maximum absolute atomic E-state index is 13.2. The Hall–Kier alpha value is -2.26. The van der Waals surface area contributed by atoms with Gasteiger partial charge in [-0.2, -0.15) is 9.40 Å². The molecular formula is C15H16FN3O4S. The molecule has 24 heavy (non-hydrogen) atoms. The molecule has 1 aliphatic heterocycles.